The molecular weight excluding hydrogens is 558 g/mol. The maximum atomic E-state index is 11.3. The lowest BCUT2D eigenvalue weighted by molar-refractivity contribution is -0.229. The molecule has 3 heterocycles. The lowest BCUT2D eigenvalue weighted by Crippen LogP contribution is -2.34. The van der Waals surface area contributed by atoms with E-state index in [4.69, 9.17) is 31.2 Å². The molecule has 1 unspecified atom stereocenters. The molecule has 0 aliphatic carbocycles. The summed E-state index contributed by atoms with van der Waals surface area (Å²) in [7, 11) is 0. The number of hydrogen-bond donors (Lipinski definition) is 5. The Hall–Kier alpha value is -4.32. The molecule has 2 aliphatic rings. The Kier molecular flexibility index (Phi) is 11.8. The van der Waals surface area contributed by atoms with Crippen LogP contribution in [-0.2, 0) is 35.1 Å². The van der Waals surface area contributed by atoms with Gasteiger partial charge in [-0.1, -0.05) is 97.9 Å². The van der Waals surface area contributed by atoms with E-state index in [1.807, 2.05) is 97.9 Å². The fraction of sp³-hybridized carbons (Fsp3) is 0.294. The molecule has 0 amide bonds. The molecule has 3 aromatic carbocycles. The molecule has 2 aliphatic heterocycles. The van der Waals surface area contributed by atoms with Gasteiger partial charge in [-0.25, -0.2) is 4.68 Å². The molecule has 1 saturated heterocycles. The third kappa shape index (κ3) is 8.62. The summed E-state index contributed by atoms with van der Waals surface area (Å²) in [6.07, 6.45) is 0.433. The van der Waals surface area contributed by atoms with E-state index in [0.717, 1.165) is 16.7 Å². The predicted molar refractivity (Wildman–Crippen MR) is 170 cm³/mol. The molecule has 4 aromatic rings. The van der Waals surface area contributed by atoms with Crippen molar-refractivity contribution in [3.05, 3.63) is 131 Å². The molecule has 232 valence electrons. The third-order valence-corrected chi connectivity index (χ3v) is 7.22. The fourth-order valence-corrected chi connectivity index (χ4v) is 4.85. The highest BCUT2D eigenvalue weighted by Crippen LogP contribution is 2.42. The molecule has 10 heteroatoms. The second-order valence-electron chi connectivity index (χ2n) is 10.6. The van der Waals surface area contributed by atoms with Gasteiger partial charge in [0, 0.05) is 5.92 Å². The zero-order chi connectivity index (χ0) is 31.4. The SMILES string of the molecule is C[C@H]1CC(COCc2ccccc2)O[C@@]1(O)c1ccc2n1N=C(N)CN=C2N.OCc1ccccc1.OCc1ccccc1. The average Bonchev–Trinajstić information content (AvgIpc) is 3.57. The predicted octanol–water partition coefficient (Wildman–Crippen LogP) is 3.47. The Morgan fingerprint density at radius 2 is 1.39 bits per heavy atom. The number of nitrogens with two attached hydrogens (primary N) is 2. The molecule has 0 radical (unpaired) electrons. The third-order valence-electron chi connectivity index (χ3n) is 7.22. The van der Waals surface area contributed by atoms with E-state index >= 15 is 0 Å². The summed E-state index contributed by atoms with van der Waals surface area (Å²) < 4.78 is 13.4. The van der Waals surface area contributed by atoms with Crippen molar-refractivity contribution in [1.82, 2.24) is 4.68 Å². The first-order valence-electron chi connectivity index (χ1n) is 14.5. The van der Waals surface area contributed by atoms with Gasteiger partial charge in [0.05, 0.1) is 32.5 Å². The van der Waals surface area contributed by atoms with Crippen LogP contribution in [0, 0.1) is 5.92 Å². The van der Waals surface area contributed by atoms with Gasteiger partial charge in [-0.3, -0.25) is 4.99 Å². The van der Waals surface area contributed by atoms with Gasteiger partial charge in [-0.15, -0.1) is 0 Å². The molecule has 10 nitrogen and oxygen atoms in total. The zero-order valence-corrected chi connectivity index (χ0v) is 24.9. The van der Waals surface area contributed by atoms with Gasteiger partial charge in [-0.05, 0) is 35.2 Å². The van der Waals surface area contributed by atoms with Gasteiger partial charge < -0.3 is 36.3 Å². The normalized spacial score (nSPS) is 20.5. The van der Waals surface area contributed by atoms with E-state index < -0.39 is 5.79 Å². The quantitative estimate of drug-likeness (QED) is 0.217. The summed E-state index contributed by atoms with van der Waals surface area (Å²) in [6.45, 7) is 3.34. The zero-order valence-electron chi connectivity index (χ0n) is 24.9. The minimum Gasteiger partial charge on any atom is -0.392 e. The molecule has 1 aromatic heterocycles. The first-order chi connectivity index (χ1) is 21.3. The van der Waals surface area contributed by atoms with E-state index in [9.17, 15) is 5.11 Å². The van der Waals surface area contributed by atoms with Crippen LogP contribution in [0.2, 0.25) is 0 Å². The van der Waals surface area contributed by atoms with Gasteiger partial charge in [0.1, 0.15) is 29.6 Å². The van der Waals surface area contributed by atoms with Gasteiger partial charge in [0.15, 0.2) is 0 Å². The van der Waals surface area contributed by atoms with Crippen LogP contribution >= 0.6 is 0 Å². The maximum Gasteiger partial charge on any atom is 0.212 e. The number of benzene rings is 3. The van der Waals surface area contributed by atoms with Crippen LogP contribution in [0.25, 0.3) is 0 Å². The standard InChI is InChI=1S/C20H25N5O3.2C7H8O/c1-13-9-15(12-27-11-14-5-3-2-4-6-14)28-20(13,26)17-8-7-16-19(22)23-10-18(21)24-25(16)17;2*8-6-7-4-2-1-3-5-7/h2-8,13,15,26H,9-12H2,1H3,(H2,21,24)(H2,22,23);2*1-5,8H,6H2/t13-,15?,20+;;/m0../s1. The van der Waals surface area contributed by atoms with Crippen LogP contribution < -0.4 is 11.5 Å². The molecule has 7 N–H and O–H groups in total. The Morgan fingerprint density at radius 1 is 0.841 bits per heavy atom. The van der Waals surface area contributed by atoms with Gasteiger partial charge in [-0.2, -0.15) is 5.10 Å². The van der Waals surface area contributed by atoms with E-state index in [0.29, 0.717) is 42.7 Å². The molecule has 1 fully saturated rings. The van der Waals surface area contributed by atoms with Crippen LogP contribution in [0.4, 0.5) is 0 Å². The summed E-state index contributed by atoms with van der Waals surface area (Å²) in [5.74, 6) is -1.02. The Bertz CT molecular complexity index is 1460. The van der Waals surface area contributed by atoms with Gasteiger partial charge in [0.2, 0.25) is 5.79 Å². The first-order valence-corrected chi connectivity index (χ1v) is 14.5. The number of nitrogens with zero attached hydrogens (tertiary/aromatic N) is 3. The lowest BCUT2D eigenvalue weighted by atomic mass is 9.96. The second-order valence-corrected chi connectivity index (χ2v) is 10.6. The van der Waals surface area contributed by atoms with Crippen LogP contribution in [0.1, 0.15) is 41.4 Å². The van der Waals surface area contributed by atoms with Crippen molar-refractivity contribution < 1.29 is 24.8 Å². The summed E-state index contributed by atoms with van der Waals surface area (Å²) in [5, 5.41) is 32.8. The summed E-state index contributed by atoms with van der Waals surface area (Å²) in [5.41, 5.74) is 16.0. The number of aliphatic imine (C=N–C) groups is 1. The average molecular weight is 600 g/mol. The van der Waals surface area contributed by atoms with Gasteiger partial charge in [0.25, 0.3) is 0 Å². The van der Waals surface area contributed by atoms with E-state index in [1.54, 1.807) is 12.1 Å². The minimum absolute atomic E-state index is 0.140. The maximum absolute atomic E-state index is 11.3. The van der Waals surface area contributed by atoms with Crippen LogP contribution in [0.3, 0.4) is 0 Å². The fourth-order valence-electron chi connectivity index (χ4n) is 4.85. The highest BCUT2D eigenvalue weighted by atomic mass is 16.6. The number of rotatable bonds is 7. The molecule has 44 heavy (non-hydrogen) atoms. The minimum atomic E-state index is -1.51. The van der Waals surface area contributed by atoms with Gasteiger partial charge >= 0.3 is 0 Å². The number of amidine groups is 2. The number of hydrogen-bond acceptors (Lipinski definition) is 9. The second kappa shape index (κ2) is 15.9. The number of aliphatic hydroxyl groups excluding tert-OH is 2. The van der Waals surface area contributed by atoms with Crippen LogP contribution in [0.15, 0.2) is 113 Å². The highest BCUT2D eigenvalue weighted by molar-refractivity contribution is 5.99. The van der Waals surface area contributed by atoms with Crippen molar-refractivity contribution in [3.8, 4) is 0 Å². The van der Waals surface area contributed by atoms with E-state index in [2.05, 4.69) is 10.1 Å². The molecule has 3 atom stereocenters. The van der Waals surface area contributed by atoms with Crippen LogP contribution in [0.5, 0.6) is 0 Å². The van der Waals surface area contributed by atoms with Crippen molar-refractivity contribution in [3.63, 3.8) is 0 Å². The largest absolute Gasteiger partial charge is 0.392 e. The first kappa shape index (κ1) is 32.6. The van der Waals surface area contributed by atoms with Crippen molar-refractivity contribution in [2.45, 2.75) is 45.1 Å². The molecule has 0 saturated carbocycles. The molecule has 0 bridgehead atoms. The monoisotopic (exact) mass is 599 g/mol. The number of fused-ring (bicyclic) bond motifs is 1. The molecule has 6 rings (SSSR count). The smallest absolute Gasteiger partial charge is 0.212 e. The number of aliphatic hydroxyl groups is 3. The summed E-state index contributed by atoms with van der Waals surface area (Å²) in [4.78, 5) is 4.19. The molecule has 0 spiro atoms. The van der Waals surface area contributed by atoms with Crippen molar-refractivity contribution in [1.29, 1.82) is 0 Å². The van der Waals surface area contributed by atoms with Crippen molar-refractivity contribution in [2.24, 2.45) is 27.5 Å². The van der Waals surface area contributed by atoms with E-state index in [1.165, 1.54) is 4.68 Å². The van der Waals surface area contributed by atoms with Crippen molar-refractivity contribution in [2.75, 3.05) is 13.2 Å². The van der Waals surface area contributed by atoms with E-state index in [-0.39, 0.29) is 31.8 Å². The molecular formula is C34H41N5O5. The van der Waals surface area contributed by atoms with Crippen molar-refractivity contribution >= 4 is 11.7 Å². The Morgan fingerprint density at radius 3 is 1.91 bits per heavy atom. The topological polar surface area (TPSA) is 161 Å². The van der Waals surface area contributed by atoms with Crippen LogP contribution in [-0.4, -0.2) is 50.9 Å². The highest BCUT2D eigenvalue weighted by Gasteiger charge is 2.49. The summed E-state index contributed by atoms with van der Waals surface area (Å²) >= 11 is 0. The lowest BCUT2D eigenvalue weighted by Gasteiger charge is -2.27. The number of ether oxygens (including phenoxy) is 2. The Labute approximate surface area is 257 Å². The number of aromatic nitrogens is 1. The Balaban J connectivity index is 0.000000224. The summed E-state index contributed by atoms with van der Waals surface area (Å²) in [6, 6.07) is 32.5.